The number of carboxylic acids is 1. The van der Waals surface area contributed by atoms with Crippen molar-refractivity contribution in [2.45, 2.75) is 6.92 Å². The third kappa shape index (κ3) is 2.81. The van der Waals surface area contributed by atoms with Crippen molar-refractivity contribution in [3.05, 3.63) is 53.6 Å². The normalized spacial score (nSPS) is 11.6. The molecule has 1 rings (SSSR count). The molecule has 1 amide bonds. The number of benzene rings is 1. The van der Waals surface area contributed by atoms with Crippen LogP contribution in [0.3, 0.4) is 0 Å². The zero-order valence-corrected chi connectivity index (χ0v) is 9.43. The van der Waals surface area contributed by atoms with Crippen LogP contribution >= 0.6 is 0 Å². The SMILES string of the molecule is C=C(C)/C(C(N)=O)=C(/C(=O)O)c1ccccc1. The maximum Gasteiger partial charge on any atom is 0.337 e. The van der Waals surface area contributed by atoms with E-state index < -0.39 is 11.9 Å². The van der Waals surface area contributed by atoms with Gasteiger partial charge in [0.05, 0.1) is 11.1 Å². The van der Waals surface area contributed by atoms with Gasteiger partial charge in [0.2, 0.25) is 5.91 Å². The van der Waals surface area contributed by atoms with Gasteiger partial charge < -0.3 is 10.8 Å². The lowest BCUT2D eigenvalue weighted by Gasteiger charge is -2.09. The van der Waals surface area contributed by atoms with Crippen molar-refractivity contribution < 1.29 is 14.7 Å². The maximum atomic E-state index is 11.3. The Kier molecular flexibility index (Phi) is 3.82. The number of hydrogen-bond acceptors (Lipinski definition) is 2. The van der Waals surface area contributed by atoms with Crippen molar-refractivity contribution >= 4 is 17.4 Å². The summed E-state index contributed by atoms with van der Waals surface area (Å²) in [5, 5.41) is 9.19. The summed E-state index contributed by atoms with van der Waals surface area (Å²) in [5.41, 5.74) is 5.78. The van der Waals surface area contributed by atoms with E-state index in [1.165, 1.54) is 0 Å². The highest BCUT2D eigenvalue weighted by Crippen LogP contribution is 2.23. The minimum atomic E-state index is -1.20. The minimum Gasteiger partial charge on any atom is -0.478 e. The van der Waals surface area contributed by atoms with E-state index in [1.54, 1.807) is 37.3 Å². The van der Waals surface area contributed by atoms with Crippen molar-refractivity contribution in [3.8, 4) is 0 Å². The second kappa shape index (κ2) is 5.12. The largest absolute Gasteiger partial charge is 0.478 e. The van der Waals surface area contributed by atoms with Gasteiger partial charge in [0.15, 0.2) is 0 Å². The molecule has 0 fully saturated rings. The summed E-state index contributed by atoms with van der Waals surface area (Å²) in [5.74, 6) is -1.99. The van der Waals surface area contributed by atoms with Gasteiger partial charge in [0, 0.05) is 0 Å². The van der Waals surface area contributed by atoms with Gasteiger partial charge in [0.1, 0.15) is 0 Å². The second-order valence-corrected chi connectivity index (χ2v) is 3.57. The van der Waals surface area contributed by atoms with Gasteiger partial charge in [-0.05, 0) is 18.1 Å². The van der Waals surface area contributed by atoms with Gasteiger partial charge in [-0.3, -0.25) is 4.79 Å². The predicted octanol–water partition coefficient (Wildman–Crippen LogP) is 1.59. The van der Waals surface area contributed by atoms with Crippen LogP contribution in [0.25, 0.3) is 5.57 Å². The van der Waals surface area contributed by atoms with Crippen molar-refractivity contribution in [2.75, 3.05) is 0 Å². The first kappa shape index (κ1) is 12.7. The molecule has 4 heteroatoms. The molecule has 0 aliphatic heterocycles. The number of aliphatic carboxylic acids is 1. The fourth-order valence-corrected chi connectivity index (χ4v) is 1.53. The van der Waals surface area contributed by atoms with Crippen molar-refractivity contribution in [2.24, 2.45) is 5.73 Å². The van der Waals surface area contributed by atoms with Gasteiger partial charge >= 0.3 is 5.97 Å². The van der Waals surface area contributed by atoms with E-state index in [-0.39, 0.29) is 11.1 Å². The van der Waals surface area contributed by atoms with Crippen molar-refractivity contribution in [1.29, 1.82) is 0 Å². The second-order valence-electron chi connectivity index (χ2n) is 3.57. The number of nitrogens with two attached hydrogens (primary N) is 1. The van der Waals surface area contributed by atoms with E-state index in [0.29, 0.717) is 11.1 Å². The molecule has 0 unspecified atom stereocenters. The van der Waals surface area contributed by atoms with E-state index in [2.05, 4.69) is 6.58 Å². The van der Waals surface area contributed by atoms with Crippen LogP contribution < -0.4 is 5.73 Å². The Bertz CT molecular complexity index is 485. The third-order valence-electron chi connectivity index (χ3n) is 2.20. The molecule has 0 radical (unpaired) electrons. The molecular formula is C13H13NO3. The number of primary amides is 1. The third-order valence-corrected chi connectivity index (χ3v) is 2.20. The molecule has 3 N–H and O–H groups in total. The van der Waals surface area contributed by atoms with Crippen molar-refractivity contribution in [3.63, 3.8) is 0 Å². The lowest BCUT2D eigenvalue weighted by Crippen LogP contribution is -2.19. The molecule has 0 aliphatic carbocycles. The molecule has 1 aromatic carbocycles. The van der Waals surface area contributed by atoms with Gasteiger partial charge in [-0.1, -0.05) is 36.9 Å². The summed E-state index contributed by atoms with van der Waals surface area (Å²) in [6.45, 7) is 5.13. The smallest absolute Gasteiger partial charge is 0.337 e. The van der Waals surface area contributed by atoms with Crippen LogP contribution in [0.4, 0.5) is 0 Å². The number of carboxylic acid groups (broad SMARTS) is 1. The van der Waals surface area contributed by atoms with Crippen LogP contribution in [0.5, 0.6) is 0 Å². The Labute approximate surface area is 99.1 Å². The average Bonchev–Trinajstić information content (AvgIpc) is 2.25. The van der Waals surface area contributed by atoms with Gasteiger partial charge in [-0.25, -0.2) is 4.79 Å². The number of carbonyl (C=O) groups excluding carboxylic acids is 1. The summed E-state index contributed by atoms with van der Waals surface area (Å²) in [6, 6.07) is 8.35. The highest BCUT2D eigenvalue weighted by molar-refractivity contribution is 6.24. The molecule has 4 nitrogen and oxygen atoms in total. The molecule has 0 aromatic heterocycles. The van der Waals surface area contributed by atoms with E-state index in [1.807, 2.05) is 0 Å². The maximum absolute atomic E-state index is 11.3. The molecule has 0 aliphatic rings. The average molecular weight is 231 g/mol. The molecule has 0 heterocycles. The number of hydrogen-bond donors (Lipinski definition) is 2. The zero-order valence-electron chi connectivity index (χ0n) is 9.43. The monoisotopic (exact) mass is 231 g/mol. The number of carbonyl (C=O) groups is 2. The molecule has 0 spiro atoms. The topological polar surface area (TPSA) is 80.4 Å². The first-order chi connectivity index (χ1) is 7.95. The molecule has 1 aromatic rings. The first-order valence-electron chi connectivity index (χ1n) is 4.93. The van der Waals surface area contributed by atoms with E-state index in [0.717, 1.165) is 0 Å². The summed E-state index contributed by atoms with van der Waals surface area (Å²) in [7, 11) is 0. The molecular weight excluding hydrogens is 218 g/mol. The van der Waals surface area contributed by atoms with Crippen molar-refractivity contribution in [1.82, 2.24) is 0 Å². The highest BCUT2D eigenvalue weighted by Gasteiger charge is 2.20. The van der Waals surface area contributed by atoms with E-state index in [9.17, 15) is 14.7 Å². The molecule has 0 bridgehead atoms. The van der Waals surface area contributed by atoms with Gasteiger partial charge in [-0.2, -0.15) is 0 Å². The Morgan fingerprint density at radius 1 is 1.24 bits per heavy atom. The lowest BCUT2D eigenvalue weighted by atomic mass is 9.95. The summed E-state index contributed by atoms with van der Waals surface area (Å²) < 4.78 is 0. The number of rotatable bonds is 4. The van der Waals surface area contributed by atoms with Crippen LogP contribution in [0.1, 0.15) is 12.5 Å². The minimum absolute atomic E-state index is 0.0521. The zero-order chi connectivity index (χ0) is 13.0. The van der Waals surface area contributed by atoms with Crippen LogP contribution in [0.2, 0.25) is 0 Å². The van der Waals surface area contributed by atoms with Gasteiger partial charge in [-0.15, -0.1) is 0 Å². The fourth-order valence-electron chi connectivity index (χ4n) is 1.53. The molecule has 0 atom stereocenters. The summed E-state index contributed by atoms with van der Waals surface area (Å²) in [6.07, 6.45) is 0. The Balaban J connectivity index is 3.55. The molecule has 88 valence electrons. The predicted molar refractivity (Wildman–Crippen MR) is 65.0 cm³/mol. The lowest BCUT2D eigenvalue weighted by molar-refractivity contribution is -0.130. The van der Waals surface area contributed by atoms with Crippen LogP contribution in [0.15, 0.2) is 48.1 Å². The van der Waals surface area contributed by atoms with Gasteiger partial charge in [0.25, 0.3) is 0 Å². The van der Waals surface area contributed by atoms with Crippen LogP contribution in [-0.4, -0.2) is 17.0 Å². The summed E-state index contributed by atoms with van der Waals surface area (Å²) in [4.78, 5) is 22.5. The Morgan fingerprint density at radius 3 is 2.12 bits per heavy atom. The fraction of sp³-hybridized carbons (Fsp3) is 0.0769. The highest BCUT2D eigenvalue weighted by atomic mass is 16.4. The van der Waals surface area contributed by atoms with E-state index >= 15 is 0 Å². The molecule has 0 saturated carbocycles. The number of amides is 1. The Morgan fingerprint density at radius 2 is 1.76 bits per heavy atom. The van der Waals surface area contributed by atoms with E-state index in [4.69, 9.17) is 5.73 Å². The quantitative estimate of drug-likeness (QED) is 0.610. The first-order valence-corrected chi connectivity index (χ1v) is 4.93. The van der Waals surface area contributed by atoms with Crippen LogP contribution in [0, 0.1) is 0 Å². The molecule has 0 saturated heterocycles. The standard InChI is InChI=1S/C13H13NO3/c1-8(2)10(12(14)15)11(13(16)17)9-6-4-3-5-7-9/h3-7H,1H2,2H3,(H2,14,15)(H,16,17)/b11-10-. The summed E-state index contributed by atoms with van der Waals surface area (Å²) >= 11 is 0. The Hall–Kier alpha value is -2.36. The molecule has 17 heavy (non-hydrogen) atoms. The van der Waals surface area contributed by atoms with Crippen LogP contribution in [-0.2, 0) is 9.59 Å².